The Balaban J connectivity index is 2.48. The Morgan fingerprint density at radius 2 is 1.88 bits per heavy atom. The van der Waals surface area contributed by atoms with Crippen LogP contribution in [0.1, 0.15) is 19.4 Å². The number of methoxy groups -OCH3 is 1. The molecule has 3 nitrogen and oxygen atoms in total. The van der Waals surface area contributed by atoms with Crippen molar-refractivity contribution >= 4 is 11.5 Å². The molecule has 2 rings (SSSR count). The zero-order valence-corrected chi connectivity index (χ0v) is 10.3. The Bertz CT molecular complexity index is 446. The number of esters is 1. The molecule has 1 aliphatic rings. The number of ether oxygens (including phenoxy) is 2. The number of hydrogen-bond acceptors (Lipinski definition) is 3. The van der Waals surface area contributed by atoms with Crippen molar-refractivity contribution in [3.05, 3.63) is 41.7 Å². The van der Waals surface area contributed by atoms with E-state index in [9.17, 15) is 4.79 Å². The minimum Gasteiger partial charge on any atom is -0.496 e. The molecule has 0 fully saturated rings. The van der Waals surface area contributed by atoms with Crippen LogP contribution in [0.3, 0.4) is 0 Å². The van der Waals surface area contributed by atoms with E-state index in [-0.39, 0.29) is 18.0 Å². The largest absolute Gasteiger partial charge is 0.496 e. The topological polar surface area (TPSA) is 35.5 Å². The molecule has 1 aliphatic heterocycles. The van der Waals surface area contributed by atoms with E-state index < -0.39 is 0 Å². The average molecular weight is 232 g/mol. The average Bonchev–Trinajstić information content (AvgIpc) is 2.67. The van der Waals surface area contributed by atoms with Gasteiger partial charge in [0.15, 0.2) is 11.9 Å². The van der Waals surface area contributed by atoms with Gasteiger partial charge in [-0.3, -0.25) is 0 Å². The van der Waals surface area contributed by atoms with Gasteiger partial charge in [-0.15, -0.1) is 0 Å². The Morgan fingerprint density at radius 3 is 2.41 bits per heavy atom. The van der Waals surface area contributed by atoms with Crippen LogP contribution in [0.5, 0.6) is 0 Å². The summed E-state index contributed by atoms with van der Waals surface area (Å²) >= 11 is 0. The monoisotopic (exact) mass is 232 g/mol. The van der Waals surface area contributed by atoms with Gasteiger partial charge in [0.05, 0.1) is 7.11 Å². The lowest BCUT2D eigenvalue weighted by Crippen LogP contribution is -2.19. The molecular weight excluding hydrogens is 216 g/mol. The summed E-state index contributed by atoms with van der Waals surface area (Å²) in [6.07, 6.45) is -0.275. The summed E-state index contributed by atoms with van der Waals surface area (Å²) in [4.78, 5) is 11.9. The van der Waals surface area contributed by atoms with E-state index in [1.807, 2.05) is 44.2 Å². The molecule has 1 heterocycles. The molecule has 0 bridgehead atoms. The predicted octanol–water partition coefficient (Wildman–Crippen LogP) is 2.63. The van der Waals surface area contributed by atoms with Crippen LogP contribution in [-0.4, -0.2) is 19.2 Å². The highest BCUT2D eigenvalue weighted by atomic mass is 16.6. The smallest absolute Gasteiger partial charge is 0.343 e. The first-order chi connectivity index (χ1) is 8.15. The third kappa shape index (κ3) is 2.05. The molecule has 0 saturated heterocycles. The lowest BCUT2D eigenvalue weighted by molar-refractivity contribution is -0.140. The first-order valence-electron chi connectivity index (χ1n) is 5.69. The van der Waals surface area contributed by atoms with Crippen LogP contribution < -0.4 is 0 Å². The minimum atomic E-state index is -0.299. The van der Waals surface area contributed by atoms with Crippen LogP contribution in [0.25, 0.3) is 5.57 Å². The molecular formula is C14H16O3. The second-order valence-corrected chi connectivity index (χ2v) is 4.38. The molecule has 0 aromatic heterocycles. The van der Waals surface area contributed by atoms with Crippen LogP contribution in [0.2, 0.25) is 0 Å². The van der Waals surface area contributed by atoms with Crippen molar-refractivity contribution in [1.29, 1.82) is 0 Å². The molecule has 0 aliphatic carbocycles. The Morgan fingerprint density at radius 1 is 1.24 bits per heavy atom. The van der Waals surface area contributed by atoms with E-state index in [0.717, 1.165) is 5.56 Å². The number of rotatable bonds is 3. The highest BCUT2D eigenvalue weighted by Crippen LogP contribution is 2.34. The number of carbonyl (C=O) groups excluding carboxylic acids is 1. The Kier molecular flexibility index (Phi) is 3.18. The van der Waals surface area contributed by atoms with E-state index in [4.69, 9.17) is 9.47 Å². The lowest BCUT2D eigenvalue weighted by atomic mass is 10.0. The lowest BCUT2D eigenvalue weighted by Gasteiger charge is -2.16. The van der Waals surface area contributed by atoms with E-state index >= 15 is 0 Å². The van der Waals surface area contributed by atoms with Crippen LogP contribution in [0.15, 0.2) is 36.1 Å². The maximum atomic E-state index is 11.9. The minimum absolute atomic E-state index is 0.204. The molecule has 17 heavy (non-hydrogen) atoms. The number of benzene rings is 1. The Labute approximate surface area is 101 Å². The quantitative estimate of drug-likeness (QED) is 0.751. The zero-order chi connectivity index (χ0) is 12.4. The first kappa shape index (κ1) is 11.7. The zero-order valence-electron chi connectivity index (χ0n) is 10.3. The normalized spacial score (nSPS) is 19.8. The van der Waals surface area contributed by atoms with Crippen molar-refractivity contribution in [2.45, 2.75) is 20.0 Å². The maximum Gasteiger partial charge on any atom is 0.343 e. The second kappa shape index (κ2) is 4.62. The van der Waals surface area contributed by atoms with Gasteiger partial charge < -0.3 is 9.47 Å². The summed E-state index contributed by atoms with van der Waals surface area (Å²) in [6.45, 7) is 4.01. The molecule has 0 unspecified atom stereocenters. The van der Waals surface area contributed by atoms with Gasteiger partial charge in [-0.1, -0.05) is 44.2 Å². The van der Waals surface area contributed by atoms with Gasteiger partial charge in [0, 0.05) is 0 Å². The second-order valence-electron chi connectivity index (χ2n) is 4.38. The summed E-state index contributed by atoms with van der Waals surface area (Å²) in [5.74, 6) is 0.540. The van der Waals surface area contributed by atoms with Crippen molar-refractivity contribution in [1.82, 2.24) is 0 Å². The van der Waals surface area contributed by atoms with E-state index in [2.05, 4.69) is 0 Å². The molecule has 1 aromatic carbocycles. The number of carbonyl (C=O) groups is 1. The molecule has 90 valence electrons. The molecule has 1 aromatic rings. The van der Waals surface area contributed by atoms with Gasteiger partial charge in [0.2, 0.25) is 0 Å². The summed E-state index contributed by atoms with van der Waals surface area (Å²) in [5, 5.41) is 0. The third-order valence-electron chi connectivity index (χ3n) is 2.83. The third-order valence-corrected chi connectivity index (χ3v) is 2.83. The van der Waals surface area contributed by atoms with Crippen LogP contribution in [-0.2, 0) is 14.3 Å². The standard InChI is InChI=1S/C14H16O3/c1-9(2)12-13(16-3)11(14(15)17-12)10-7-5-4-6-8-10/h4-9,12H,1-3H3/t12-/m0/s1. The summed E-state index contributed by atoms with van der Waals surface area (Å²) < 4.78 is 10.7. The SMILES string of the molecule is COC1=C(c2ccccc2)C(=O)O[C@H]1C(C)C. The fourth-order valence-corrected chi connectivity index (χ4v) is 1.99. The van der Waals surface area contributed by atoms with E-state index in [0.29, 0.717) is 11.3 Å². The van der Waals surface area contributed by atoms with Crippen molar-refractivity contribution in [2.24, 2.45) is 5.92 Å². The molecule has 0 N–H and O–H groups in total. The molecule has 0 spiro atoms. The summed E-state index contributed by atoms with van der Waals surface area (Å²) in [6, 6.07) is 9.48. The van der Waals surface area contributed by atoms with Gasteiger partial charge in [-0.2, -0.15) is 0 Å². The summed E-state index contributed by atoms with van der Waals surface area (Å²) in [5.41, 5.74) is 1.39. The van der Waals surface area contributed by atoms with Gasteiger partial charge in [-0.05, 0) is 11.5 Å². The fourth-order valence-electron chi connectivity index (χ4n) is 1.99. The van der Waals surface area contributed by atoms with Crippen LogP contribution >= 0.6 is 0 Å². The first-order valence-corrected chi connectivity index (χ1v) is 5.69. The van der Waals surface area contributed by atoms with Gasteiger partial charge in [-0.25, -0.2) is 4.79 Å². The Hall–Kier alpha value is -1.77. The van der Waals surface area contributed by atoms with Crippen molar-refractivity contribution in [3.63, 3.8) is 0 Å². The maximum absolute atomic E-state index is 11.9. The fraction of sp³-hybridized carbons (Fsp3) is 0.357. The predicted molar refractivity (Wildman–Crippen MR) is 65.1 cm³/mol. The van der Waals surface area contributed by atoms with Gasteiger partial charge in [0.25, 0.3) is 0 Å². The van der Waals surface area contributed by atoms with Gasteiger partial charge in [0.1, 0.15) is 5.57 Å². The molecule has 0 radical (unpaired) electrons. The van der Waals surface area contributed by atoms with Crippen LogP contribution in [0, 0.1) is 5.92 Å². The highest BCUT2D eigenvalue weighted by molar-refractivity contribution is 6.19. The molecule has 0 saturated carbocycles. The van der Waals surface area contributed by atoms with Crippen molar-refractivity contribution in [2.75, 3.05) is 7.11 Å². The van der Waals surface area contributed by atoms with Crippen molar-refractivity contribution < 1.29 is 14.3 Å². The molecule has 0 amide bonds. The molecule has 1 atom stereocenters. The van der Waals surface area contributed by atoms with E-state index in [1.165, 1.54) is 0 Å². The van der Waals surface area contributed by atoms with Crippen LogP contribution in [0.4, 0.5) is 0 Å². The molecule has 3 heteroatoms. The van der Waals surface area contributed by atoms with Gasteiger partial charge >= 0.3 is 5.97 Å². The van der Waals surface area contributed by atoms with Crippen molar-refractivity contribution in [3.8, 4) is 0 Å². The number of cyclic esters (lactones) is 1. The number of hydrogen-bond donors (Lipinski definition) is 0. The van der Waals surface area contributed by atoms with E-state index in [1.54, 1.807) is 7.11 Å². The highest BCUT2D eigenvalue weighted by Gasteiger charge is 2.37. The summed E-state index contributed by atoms with van der Waals surface area (Å²) in [7, 11) is 1.58.